The van der Waals surface area contributed by atoms with E-state index in [2.05, 4.69) is 0 Å². The standard InChI is InChI=1S/C11H13F3S/c1-8(2)7-9-5-3-4-6-10(9)15-11(12,13)14/h3-6,8H,7H2,1-2H3. The van der Waals surface area contributed by atoms with Crippen LogP contribution in [0.3, 0.4) is 0 Å². The molecule has 0 nitrogen and oxygen atoms in total. The number of hydrogen-bond donors (Lipinski definition) is 0. The van der Waals surface area contributed by atoms with Crippen LogP contribution < -0.4 is 0 Å². The fraction of sp³-hybridized carbons (Fsp3) is 0.455. The molecule has 0 bridgehead atoms. The van der Waals surface area contributed by atoms with Crippen LogP contribution in [0.25, 0.3) is 0 Å². The summed E-state index contributed by atoms with van der Waals surface area (Å²) < 4.78 is 36.7. The lowest BCUT2D eigenvalue weighted by Gasteiger charge is -2.12. The van der Waals surface area contributed by atoms with Crippen molar-refractivity contribution in [1.29, 1.82) is 0 Å². The van der Waals surface area contributed by atoms with Gasteiger partial charge in [-0.15, -0.1) is 0 Å². The highest BCUT2D eigenvalue weighted by atomic mass is 32.2. The largest absolute Gasteiger partial charge is 0.446 e. The second-order valence-electron chi connectivity index (χ2n) is 3.75. The second-order valence-corrected chi connectivity index (χ2v) is 4.86. The van der Waals surface area contributed by atoms with E-state index in [0.29, 0.717) is 17.2 Å². The number of hydrogen-bond acceptors (Lipinski definition) is 1. The first kappa shape index (κ1) is 12.4. The monoisotopic (exact) mass is 234 g/mol. The van der Waals surface area contributed by atoms with E-state index in [1.807, 2.05) is 13.8 Å². The predicted octanol–water partition coefficient (Wildman–Crippen LogP) is 4.50. The average molecular weight is 234 g/mol. The minimum atomic E-state index is -4.20. The van der Waals surface area contributed by atoms with Gasteiger partial charge in [0.1, 0.15) is 0 Å². The van der Waals surface area contributed by atoms with Crippen molar-refractivity contribution in [3.63, 3.8) is 0 Å². The van der Waals surface area contributed by atoms with Gasteiger partial charge in [0.2, 0.25) is 0 Å². The molecule has 0 aliphatic rings. The van der Waals surface area contributed by atoms with Crippen molar-refractivity contribution in [3.8, 4) is 0 Å². The number of thioether (sulfide) groups is 1. The minimum Gasteiger partial charge on any atom is -0.160 e. The molecule has 1 rings (SSSR count). The molecule has 0 saturated carbocycles. The number of halogens is 3. The van der Waals surface area contributed by atoms with Crippen molar-refractivity contribution >= 4 is 11.8 Å². The SMILES string of the molecule is CC(C)Cc1ccccc1SC(F)(F)F. The molecule has 0 aromatic heterocycles. The van der Waals surface area contributed by atoms with E-state index in [4.69, 9.17) is 0 Å². The Morgan fingerprint density at radius 2 is 1.80 bits per heavy atom. The maximum atomic E-state index is 12.2. The zero-order chi connectivity index (χ0) is 11.5. The normalized spacial score (nSPS) is 12.1. The van der Waals surface area contributed by atoms with Gasteiger partial charge in [-0.05, 0) is 35.7 Å². The summed E-state index contributed by atoms with van der Waals surface area (Å²) in [5.41, 5.74) is -3.43. The molecule has 0 amide bonds. The van der Waals surface area contributed by atoms with Gasteiger partial charge in [0, 0.05) is 4.90 Å². The molecule has 0 saturated heterocycles. The first-order valence-corrected chi connectivity index (χ1v) is 5.54. The molecule has 1 aromatic rings. The fourth-order valence-corrected chi connectivity index (χ4v) is 2.01. The van der Waals surface area contributed by atoms with E-state index in [-0.39, 0.29) is 11.8 Å². The van der Waals surface area contributed by atoms with Gasteiger partial charge in [0.25, 0.3) is 0 Å². The Morgan fingerprint density at radius 3 is 2.33 bits per heavy atom. The Morgan fingerprint density at radius 1 is 1.20 bits per heavy atom. The Labute approximate surface area is 91.9 Å². The summed E-state index contributed by atoms with van der Waals surface area (Å²) in [6, 6.07) is 6.69. The van der Waals surface area contributed by atoms with Gasteiger partial charge in [-0.3, -0.25) is 0 Å². The Hall–Kier alpha value is -0.640. The molecule has 15 heavy (non-hydrogen) atoms. The molecule has 0 spiro atoms. The van der Waals surface area contributed by atoms with Crippen molar-refractivity contribution in [2.75, 3.05) is 0 Å². The van der Waals surface area contributed by atoms with Crippen molar-refractivity contribution in [3.05, 3.63) is 29.8 Å². The molecule has 0 radical (unpaired) electrons. The molecule has 0 aliphatic heterocycles. The second kappa shape index (κ2) is 4.92. The van der Waals surface area contributed by atoms with Crippen molar-refractivity contribution < 1.29 is 13.2 Å². The quantitative estimate of drug-likeness (QED) is 0.694. The number of benzene rings is 1. The molecule has 0 N–H and O–H groups in total. The van der Waals surface area contributed by atoms with Crippen LogP contribution in [0.15, 0.2) is 29.2 Å². The van der Waals surface area contributed by atoms with Crippen molar-refractivity contribution in [2.45, 2.75) is 30.7 Å². The lowest BCUT2D eigenvalue weighted by atomic mass is 10.0. The molecule has 84 valence electrons. The highest BCUT2D eigenvalue weighted by molar-refractivity contribution is 8.00. The lowest BCUT2D eigenvalue weighted by molar-refractivity contribution is -0.0328. The molecule has 0 atom stereocenters. The molecular formula is C11H13F3S. The first-order valence-electron chi connectivity index (χ1n) is 4.72. The van der Waals surface area contributed by atoms with Gasteiger partial charge >= 0.3 is 5.51 Å². The van der Waals surface area contributed by atoms with Gasteiger partial charge in [-0.1, -0.05) is 32.0 Å². The van der Waals surface area contributed by atoms with Crippen LogP contribution in [0.4, 0.5) is 13.2 Å². The van der Waals surface area contributed by atoms with Crippen LogP contribution in [-0.4, -0.2) is 5.51 Å². The third-order valence-corrected chi connectivity index (χ3v) is 2.68. The zero-order valence-electron chi connectivity index (χ0n) is 8.64. The fourth-order valence-electron chi connectivity index (χ4n) is 1.34. The summed E-state index contributed by atoms with van der Waals surface area (Å²) >= 11 is -0.0306. The summed E-state index contributed by atoms with van der Waals surface area (Å²) in [7, 11) is 0. The molecule has 0 aliphatic carbocycles. The summed E-state index contributed by atoms with van der Waals surface area (Å²) in [6.07, 6.45) is 0.680. The van der Waals surface area contributed by atoms with Gasteiger partial charge in [-0.2, -0.15) is 13.2 Å². The molecule has 0 unspecified atom stereocenters. The minimum absolute atomic E-state index is 0.0306. The van der Waals surface area contributed by atoms with Gasteiger partial charge < -0.3 is 0 Å². The highest BCUT2D eigenvalue weighted by Crippen LogP contribution is 2.38. The highest BCUT2D eigenvalue weighted by Gasteiger charge is 2.30. The van der Waals surface area contributed by atoms with Crippen LogP contribution >= 0.6 is 11.8 Å². The maximum Gasteiger partial charge on any atom is 0.446 e. The Kier molecular flexibility index (Phi) is 4.08. The zero-order valence-corrected chi connectivity index (χ0v) is 9.45. The maximum absolute atomic E-state index is 12.2. The van der Waals surface area contributed by atoms with Crippen molar-refractivity contribution in [1.82, 2.24) is 0 Å². The lowest BCUT2D eigenvalue weighted by Crippen LogP contribution is -2.02. The summed E-state index contributed by atoms with van der Waals surface area (Å²) in [5, 5.41) is 0. The van der Waals surface area contributed by atoms with E-state index in [9.17, 15) is 13.2 Å². The average Bonchev–Trinajstić information content (AvgIpc) is 2.05. The molecule has 4 heteroatoms. The van der Waals surface area contributed by atoms with Crippen LogP contribution in [0, 0.1) is 5.92 Å². The Bertz CT molecular complexity index is 318. The van der Waals surface area contributed by atoms with E-state index in [1.54, 1.807) is 18.2 Å². The van der Waals surface area contributed by atoms with Crippen molar-refractivity contribution in [2.24, 2.45) is 5.92 Å². The number of rotatable bonds is 3. The van der Waals surface area contributed by atoms with E-state index < -0.39 is 5.51 Å². The first-order chi connectivity index (χ1) is 6.88. The third-order valence-electron chi connectivity index (χ3n) is 1.83. The van der Waals surface area contributed by atoms with Gasteiger partial charge in [0.05, 0.1) is 0 Å². The Balaban J connectivity index is 2.86. The van der Waals surface area contributed by atoms with E-state index in [0.717, 1.165) is 5.56 Å². The molecule has 0 fully saturated rings. The molecular weight excluding hydrogens is 221 g/mol. The van der Waals surface area contributed by atoms with Gasteiger partial charge in [0.15, 0.2) is 0 Å². The summed E-state index contributed by atoms with van der Waals surface area (Å²) in [4.78, 5) is 0.318. The van der Waals surface area contributed by atoms with Gasteiger partial charge in [-0.25, -0.2) is 0 Å². The molecule has 0 heterocycles. The van der Waals surface area contributed by atoms with E-state index in [1.165, 1.54) is 6.07 Å². The topological polar surface area (TPSA) is 0 Å². The summed E-state index contributed by atoms with van der Waals surface area (Å²) in [6.45, 7) is 3.99. The van der Waals surface area contributed by atoms with Crippen LogP contribution in [0.2, 0.25) is 0 Å². The number of alkyl halides is 3. The van der Waals surface area contributed by atoms with Crippen LogP contribution in [-0.2, 0) is 6.42 Å². The predicted molar refractivity (Wildman–Crippen MR) is 56.9 cm³/mol. The van der Waals surface area contributed by atoms with Crippen LogP contribution in [0.5, 0.6) is 0 Å². The van der Waals surface area contributed by atoms with Crippen LogP contribution in [0.1, 0.15) is 19.4 Å². The molecule has 1 aromatic carbocycles. The third kappa shape index (κ3) is 4.60. The smallest absolute Gasteiger partial charge is 0.160 e. The summed E-state index contributed by atoms with van der Waals surface area (Å²) in [5.74, 6) is 0.361. The van der Waals surface area contributed by atoms with E-state index >= 15 is 0 Å².